The fourth-order valence-corrected chi connectivity index (χ4v) is 3.60. The Balaban J connectivity index is 1.57. The van der Waals surface area contributed by atoms with Crippen LogP contribution >= 0.6 is 0 Å². The Morgan fingerprint density at radius 2 is 1.75 bits per heavy atom. The van der Waals surface area contributed by atoms with Gasteiger partial charge in [-0.1, -0.05) is 24.3 Å². The van der Waals surface area contributed by atoms with Crippen LogP contribution in [0.1, 0.15) is 21.5 Å². The summed E-state index contributed by atoms with van der Waals surface area (Å²) >= 11 is 0. The molecule has 2 N–H and O–H groups in total. The number of hydrogen-bond acceptors (Lipinski definition) is 4. The van der Waals surface area contributed by atoms with Crippen LogP contribution < -0.4 is 16.2 Å². The second-order valence-corrected chi connectivity index (χ2v) is 7.89. The summed E-state index contributed by atoms with van der Waals surface area (Å²) < 4.78 is 56.0. The quantitative estimate of drug-likeness (QED) is 0.389. The number of amides is 2. The van der Waals surface area contributed by atoms with Crippen LogP contribution in [0.4, 0.5) is 28.9 Å². The topological polar surface area (TPSA) is 93.1 Å². The van der Waals surface area contributed by atoms with Crippen molar-refractivity contribution in [2.24, 2.45) is 0 Å². The van der Waals surface area contributed by atoms with Crippen LogP contribution in [0, 0.1) is 12.7 Å². The summed E-state index contributed by atoms with van der Waals surface area (Å²) in [4.78, 5) is 41.6. The van der Waals surface area contributed by atoms with Crippen molar-refractivity contribution >= 4 is 34.1 Å². The number of fused-ring (bicyclic) bond motifs is 1. The summed E-state index contributed by atoms with van der Waals surface area (Å²) in [6, 6.07) is 12.7. The number of aromatic nitrogens is 2. The van der Waals surface area contributed by atoms with E-state index in [0.717, 1.165) is 34.7 Å². The molecule has 0 aliphatic carbocycles. The van der Waals surface area contributed by atoms with Gasteiger partial charge in [0.25, 0.3) is 11.5 Å². The van der Waals surface area contributed by atoms with E-state index in [2.05, 4.69) is 15.6 Å². The second-order valence-electron chi connectivity index (χ2n) is 7.89. The van der Waals surface area contributed by atoms with Gasteiger partial charge in [-0.3, -0.25) is 19.0 Å². The molecule has 0 fully saturated rings. The smallest absolute Gasteiger partial charge is 0.324 e. The highest BCUT2D eigenvalue weighted by molar-refractivity contribution is 6.04. The molecule has 1 aromatic heterocycles. The molecule has 3 aromatic carbocycles. The Bertz CT molecular complexity index is 1550. The summed E-state index contributed by atoms with van der Waals surface area (Å²) in [6.07, 6.45) is -3.73. The van der Waals surface area contributed by atoms with Gasteiger partial charge in [0.1, 0.15) is 12.4 Å². The van der Waals surface area contributed by atoms with Gasteiger partial charge in [-0.15, -0.1) is 0 Å². The van der Waals surface area contributed by atoms with Crippen LogP contribution in [0.25, 0.3) is 10.9 Å². The standard InChI is InChI=1S/C25H18F4N4O3/c1-14-5-4-7-17-22(14)30-13-33(24(17)36)12-21(34)32-20-10-9-15(11-18(20)25(27,28)29)31-23(35)16-6-2-3-8-19(16)26/h2-11,13H,12H2,1H3,(H,31,35)(H,32,34). The first-order valence-corrected chi connectivity index (χ1v) is 10.6. The molecule has 1 heterocycles. The molecular formula is C25H18F4N4O3. The molecule has 0 radical (unpaired) electrons. The minimum atomic E-state index is -4.89. The Morgan fingerprint density at radius 3 is 2.47 bits per heavy atom. The third kappa shape index (κ3) is 5.09. The van der Waals surface area contributed by atoms with Crippen LogP contribution in [-0.2, 0) is 17.5 Å². The van der Waals surface area contributed by atoms with Gasteiger partial charge in [0, 0.05) is 5.69 Å². The van der Waals surface area contributed by atoms with Gasteiger partial charge >= 0.3 is 6.18 Å². The molecule has 0 saturated carbocycles. The first kappa shape index (κ1) is 24.6. The molecule has 4 aromatic rings. The zero-order valence-corrected chi connectivity index (χ0v) is 18.7. The number of anilines is 2. The van der Waals surface area contributed by atoms with Gasteiger partial charge in [0.15, 0.2) is 0 Å². The van der Waals surface area contributed by atoms with Gasteiger partial charge < -0.3 is 10.6 Å². The number of hydrogen-bond donors (Lipinski definition) is 2. The summed E-state index contributed by atoms with van der Waals surface area (Å²) in [5, 5.41) is 4.64. The molecule has 0 spiro atoms. The van der Waals surface area contributed by atoms with E-state index in [1.807, 2.05) is 0 Å². The molecule has 7 nitrogen and oxygen atoms in total. The van der Waals surface area contributed by atoms with E-state index >= 15 is 0 Å². The fraction of sp³-hybridized carbons (Fsp3) is 0.120. The van der Waals surface area contributed by atoms with E-state index in [-0.39, 0.29) is 16.6 Å². The highest BCUT2D eigenvalue weighted by Gasteiger charge is 2.34. The maximum absolute atomic E-state index is 13.8. The first-order valence-electron chi connectivity index (χ1n) is 10.6. The minimum absolute atomic E-state index is 0.251. The van der Waals surface area contributed by atoms with Gasteiger partial charge in [0.05, 0.1) is 34.0 Å². The van der Waals surface area contributed by atoms with Crippen molar-refractivity contribution in [3.63, 3.8) is 0 Å². The van der Waals surface area contributed by atoms with Crippen molar-refractivity contribution in [2.45, 2.75) is 19.6 Å². The number of benzene rings is 3. The SMILES string of the molecule is Cc1cccc2c(=O)n(CC(=O)Nc3ccc(NC(=O)c4ccccc4F)cc3C(F)(F)F)cnc12. The summed E-state index contributed by atoms with van der Waals surface area (Å²) in [5.41, 5.74) is -1.69. The molecule has 0 unspecified atom stereocenters. The molecule has 0 aliphatic rings. The van der Waals surface area contributed by atoms with Crippen LogP contribution in [0.5, 0.6) is 0 Å². The maximum Gasteiger partial charge on any atom is 0.418 e. The number of rotatable bonds is 5. The lowest BCUT2D eigenvalue weighted by Crippen LogP contribution is -2.28. The van der Waals surface area contributed by atoms with Crippen molar-refractivity contribution in [1.29, 1.82) is 0 Å². The molecule has 0 aliphatic heterocycles. The number of nitrogens with zero attached hydrogens (tertiary/aromatic N) is 2. The third-order valence-corrected chi connectivity index (χ3v) is 5.34. The van der Waals surface area contributed by atoms with Crippen molar-refractivity contribution in [2.75, 3.05) is 10.6 Å². The maximum atomic E-state index is 13.8. The van der Waals surface area contributed by atoms with Gasteiger partial charge in [-0.2, -0.15) is 13.2 Å². The molecule has 11 heteroatoms. The van der Waals surface area contributed by atoms with E-state index in [0.29, 0.717) is 11.6 Å². The first-order chi connectivity index (χ1) is 17.0. The highest BCUT2D eigenvalue weighted by Crippen LogP contribution is 2.36. The Labute approximate surface area is 201 Å². The molecule has 4 rings (SSSR count). The molecule has 36 heavy (non-hydrogen) atoms. The van der Waals surface area contributed by atoms with Gasteiger partial charge in [-0.25, -0.2) is 9.37 Å². The number of carbonyl (C=O) groups is 2. The molecule has 2 amide bonds. The average molecular weight is 498 g/mol. The van der Waals surface area contributed by atoms with Crippen LogP contribution in [0.3, 0.4) is 0 Å². The van der Waals surface area contributed by atoms with Gasteiger partial charge in [-0.05, 0) is 48.9 Å². The third-order valence-electron chi connectivity index (χ3n) is 5.34. The van der Waals surface area contributed by atoms with E-state index in [4.69, 9.17) is 0 Å². The van der Waals surface area contributed by atoms with Crippen molar-refractivity contribution < 1.29 is 27.2 Å². The normalized spacial score (nSPS) is 11.4. The monoisotopic (exact) mass is 498 g/mol. The van der Waals surface area contributed by atoms with Crippen LogP contribution in [-0.4, -0.2) is 21.4 Å². The van der Waals surface area contributed by atoms with Crippen molar-refractivity contribution in [3.05, 3.63) is 99.9 Å². The molecule has 0 bridgehead atoms. The van der Waals surface area contributed by atoms with E-state index in [1.54, 1.807) is 25.1 Å². The predicted molar refractivity (Wildman–Crippen MR) is 125 cm³/mol. The summed E-state index contributed by atoms with van der Waals surface area (Å²) in [5.74, 6) is -2.65. The summed E-state index contributed by atoms with van der Waals surface area (Å²) in [7, 11) is 0. The Hall–Kier alpha value is -4.54. The molecular weight excluding hydrogens is 480 g/mol. The van der Waals surface area contributed by atoms with Crippen molar-refractivity contribution in [1.82, 2.24) is 9.55 Å². The lowest BCUT2D eigenvalue weighted by molar-refractivity contribution is -0.136. The van der Waals surface area contributed by atoms with E-state index in [9.17, 15) is 31.9 Å². The zero-order valence-electron chi connectivity index (χ0n) is 18.7. The van der Waals surface area contributed by atoms with Crippen molar-refractivity contribution in [3.8, 4) is 0 Å². The number of para-hydroxylation sites is 1. The number of carbonyl (C=O) groups excluding carboxylic acids is 2. The minimum Gasteiger partial charge on any atom is -0.324 e. The van der Waals surface area contributed by atoms with Crippen LogP contribution in [0.2, 0.25) is 0 Å². The summed E-state index contributed by atoms with van der Waals surface area (Å²) in [6.45, 7) is 1.20. The molecule has 0 saturated heterocycles. The largest absolute Gasteiger partial charge is 0.418 e. The highest BCUT2D eigenvalue weighted by atomic mass is 19.4. The Morgan fingerprint density at radius 1 is 1.00 bits per heavy atom. The number of alkyl halides is 3. The number of nitrogens with one attached hydrogen (secondary N) is 2. The lowest BCUT2D eigenvalue weighted by atomic mass is 10.1. The second kappa shape index (κ2) is 9.61. The fourth-order valence-electron chi connectivity index (χ4n) is 3.60. The van der Waals surface area contributed by atoms with Gasteiger partial charge in [0.2, 0.25) is 5.91 Å². The van der Waals surface area contributed by atoms with Crippen LogP contribution in [0.15, 0.2) is 71.8 Å². The average Bonchev–Trinajstić information content (AvgIpc) is 2.82. The van der Waals surface area contributed by atoms with E-state index in [1.165, 1.54) is 18.2 Å². The lowest BCUT2D eigenvalue weighted by Gasteiger charge is -2.16. The predicted octanol–water partition coefficient (Wildman–Crippen LogP) is 4.75. The zero-order chi connectivity index (χ0) is 26.0. The number of aryl methyl sites for hydroxylation is 1. The molecule has 0 atom stereocenters. The Kier molecular flexibility index (Phi) is 6.56. The number of halogens is 4. The van der Waals surface area contributed by atoms with E-state index < -0.39 is 47.2 Å². The molecule has 184 valence electrons.